The van der Waals surface area contributed by atoms with Gasteiger partial charge in [-0.2, -0.15) is 0 Å². The first kappa shape index (κ1) is 21.1. The molecule has 6 nitrogen and oxygen atoms in total. The summed E-state index contributed by atoms with van der Waals surface area (Å²) in [6.45, 7) is 9.14. The van der Waals surface area contributed by atoms with Crippen molar-refractivity contribution in [3.63, 3.8) is 0 Å². The van der Waals surface area contributed by atoms with Crippen molar-refractivity contribution in [2.75, 3.05) is 39.3 Å². The maximum atomic E-state index is 12.6. The van der Waals surface area contributed by atoms with E-state index >= 15 is 0 Å². The first-order chi connectivity index (χ1) is 13.8. The van der Waals surface area contributed by atoms with Gasteiger partial charge in [0.05, 0.1) is 6.54 Å². The minimum Gasteiger partial charge on any atom is -0.484 e. The zero-order valence-corrected chi connectivity index (χ0v) is 17.6. The van der Waals surface area contributed by atoms with Crippen molar-refractivity contribution in [1.82, 2.24) is 15.1 Å². The van der Waals surface area contributed by atoms with Crippen LogP contribution in [-0.4, -0.2) is 66.5 Å². The number of nitrogens with zero attached hydrogens (tertiary/aromatic N) is 2. The summed E-state index contributed by atoms with van der Waals surface area (Å²) in [4.78, 5) is 28.7. The Hall–Kier alpha value is -2.60. The van der Waals surface area contributed by atoms with Crippen LogP contribution in [0.5, 0.6) is 5.75 Å². The number of carbonyl (C=O) groups excluding carboxylic acids is 2. The lowest BCUT2D eigenvalue weighted by Gasteiger charge is -2.25. The Morgan fingerprint density at radius 2 is 1.76 bits per heavy atom. The van der Waals surface area contributed by atoms with E-state index < -0.39 is 0 Å². The van der Waals surface area contributed by atoms with E-state index in [-0.39, 0.29) is 24.0 Å². The number of ether oxygens (including phenoxy) is 1. The van der Waals surface area contributed by atoms with Gasteiger partial charge < -0.3 is 15.0 Å². The van der Waals surface area contributed by atoms with E-state index in [0.717, 1.165) is 23.7 Å². The van der Waals surface area contributed by atoms with Gasteiger partial charge >= 0.3 is 0 Å². The molecule has 0 atom stereocenters. The molecule has 1 N–H and O–H groups in total. The van der Waals surface area contributed by atoms with Crippen molar-refractivity contribution in [2.45, 2.75) is 32.7 Å². The van der Waals surface area contributed by atoms with Crippen LogP contribution < -0.4 is 10.1 Å². The number of hydrogen-bond donors (Lipinski definition) is 1. The number of rotatable bonds is 5. The molecule has 2 aromatic rings. The molecular weight excluding hydrogens is 366 g/mol. The fourth-order valence-electron chi connectivity index (χ4n) is 3.53. The van der Waals surface area contributed by atoms with Crippen LogP contribution in [0.3, 0.4) is 0 Å². The van der Waals surface area contributed by atoms with Crippen LogP contribution in [0.4, 0.5) is 0 Å². The summed E-state index contributed by atoms with van der Waals surface area (Å²) in [5.41, 5.74) is -0.231. The first-order valence-corrected chi connectivity index (χ1v) is 10.2. The molecule has 0 aliphatic carbocycles. The molecule has 0 saturated carbocycles. The molecule has 1 aliphatic rings. The molecule has 0 aromatic heterocycles. The Kier molecular flexibility index (Phi) is 6.75. The highest BCUT2D eigenvalue weighted by Crippen LogP contribution is 2.20. The maximum absolute atomic E-state index is 12.6. The molecule has 29 heavy (non-hydrogen) atoms. The predicted octanol–water partition coefficient (Wildman–Crippen LogP) is 2.67. The minimum atomic E-state index is -0.231. The van der Waals surface area contributed by atoms with E-state index in [1.54, 1.807) is 0 Å². The van der Waals surface area contributed by atoms with Crippen molar-refractivity contribution in [3.8, 4) is 5.75 Å². The highest BCUT2D eigenvalue weighted by atomic mass is 16.5. The van der Waals surface area contributed by atoms with Crippen LogP contribution in [-0.2, 0) is 9.59 Å². The summed E-state index contributed by atoms with van der Waals surface area (Å²) in [7, 11) is 0. The van der Waals surface area contributed by atoms with Crippen LogP contribution >= 0.6 is 0 Å². The third-order valence-corrected chi connectivity index (χ3v) is 4.91. The SMILES string of the molecule is CC(C)(C)NC(=O)CN1CCCN(C(=O)COc2ccc3ccccc3c2)CC1. The average molecular weight is 398 g/mol. The number of hydrogen-bond acceptors (Lipinski definition) is 4. The van der Waals surface area contributed by atoms with E-state index in [1.165, 1.54) is 0 Å². The van der Waals surface area contributed by atoms with Gasteiger partial charge in [-0.05, 0) is 50.1 Å². The molecule has 6 heteroatoms. The van der Waals surface area contributed by atoms with Crippen LogP contribution in [0.1, 0.15) is 27.2 Å². The minimum absolute atomic E-state index is 0.0147. The lowest BCUT2D eigenvalue weighted by molar-refractivity contribution is -0.133. The van der Waals surface area contributed by atoms with Gasteiger partial charge in [0.25, 0.3) is 5.91 Å². The molecule has 156 valence electrons. The van der Waals surface area contributed by atoms with Crippen molar-refractivity contribution in [3.05, 3.63) is 42.5 Å². The molecular formula is C23H31N3O3. The Morgan fingerprint density at radius 1 is 1.00 bits per heavy atom. The van der Waals surface area contributed by atoms with E-state index in [2.05, 4.69) is 16.3 Å². The Balaban J connectivity index is 1.48. The number of amides is 2. The Morgan fingerprint density at radius 3 is 2.52 bits per heavy atom. The van der Waals surface area contributed by atoms with Gasteiger partial charge in [0.15, 0.2) is 6.61 Å². The smallest absolute Gasteiger partial charge is 0.260 e. The molecule has 2 aromatic carbocycles. The molecule has 0 bridgehead atoms. The molecule has 1 saturated heterocycles. The Labute approximate surface area is 172 Å². The Bertz CT molecular complexity index is 860. The highest BCUT2D eigenvalue weighted by Gasteiger charge is 2.22. The van der Waals surface area contributed by atoms with Crippen molar-refractivity contribution >= 4 is 22.6 Å². The molecule has 0 unspecified atom stereocenters. The highest BCUT2D eigenvalue weighted by molar-refractivity contribution is 5.84. The zero-order valence-electron chi connectivity index (χ0n) is 17.6. The van der Waals surface area contributed by atoms with Gasteiger partial charge in [-0.25, -0.2) is 0 Å². The van der Waals surface area contributed by atoms with Crippen LogP contribution in [0.25, 0.3) is 10.8 Å². The number of carbonyl (C=O) groups is 2. The van der Waals surface area contributed by atoms with Crippen LogP contribution in [0.2, 0.25) is 0 Å². The van der Waals surface area contributed by atoms with Crippen molar-refractivity contribution < 1.29 is 14.3 Å². The first-order valence-electron chi connectivity index (χ1n) is 10.2. The van der Waals surface area contributed by atoms with Crippen molar-refractivity contribution in [1.29, 1.82) is 0 Å². The van der Waals surface area contributed by atoms with E-state index in [1.807, 2.05) is 62.1 Å². The third-order valence-electron chi connectivity index (χ3n) is 4.91. The maximum Gasteiger partial charge on any atom is 0.260 e. The number of benzene rings is 2. The average Bonchev–Trinajstić information content (AvgIpc) is 2.90. The van der Waals surface area contributed by atoms with Crippen molar-refractivity contribution in [2.24, 2.45) is 0 Å². The number of nitrogens with one attached hydrogen (secondary N) is 1. The largest absolute Gasteiger partial charge is 0.484 e. The predicted molar refractivity (Wildman–Crippen MR) is 115 cm³/mol. The third kappa shape index (κ3) is 6.46. The van der Waals surface area contributed by atoms with Crippen LogP contribution in [0, 0.1) is 0 Å². The van der Waals surface area contributed by atoms with E-state index in [4.69, 9.17) is 4.74 Å². The topological polar surface area (TPSA) is 61.9 Å². The van der Waals surface area contributed by atoms with Gasteiger partial charge in [0, 0.05) is 31.7 Å². The van der Waals surface area contributed by atoms with E-state index in [0.29, 0.717) is 31.9 Å². The normalized spacial score (nSPS) is 15.8. The van der Waals surface area contributed by atoms with Gasteiger partial charge in [0.1, 0.15) is 5.75 Å². The summed E-state index contributed by atoms with van der Waals surface area (Å²) >= 11 is 0. The number of fused-ring (bicyclic) bond motifs is 1. The van der Waals surface area contributed by atoms with Gasteiger partial charge in [-0.3, -0.25) is 14.5 Å². The molecule has 0 radical (unpaired) electrons. The summed E-state index contributed by atoms with van der Waals surface area (Å²) < 4.78 is 5.75. The van der Waals surface area contributed by atoms with Gasteiger partial charge in [0.2, 0.25) is 5.91 Å². The standard InChI is InChI=1S/C23H31N3O3/c1-23(2,3)24-21(27)16-25-11-6-12-26(14-13-25)22(28)17-29-20-10-9-18-7-4-5-8-19(18)15-20/h4-5,7-10,15H,6,11-14,16-17H2,1-3H3,(H,24,27). The zero-order chi connectivity index (χ0) is 20.9. The second-order valence-corrected chi connectivity index (χ2v) is 8.61. The molecule has 1 fully saturated rings. The fourth-order valence-corrected chi connectivity index (χ4v) is 3.53. The summed E-state index contributed by atoms with van der Waals surface area (Å²) in [6, 6.07) is 13.9. The van der Waals surface area contributed by atoms with Crippen LogP contribution in [0.15, 0.2) is 42.5 Å². The molecule has 3 rings (SSSR count). The lowest BCUT2D eigenvalue weighted by Crippen LogP contribution is -2.46. The summed E-state index contributed by atoms with van der Waals surface area (Å²) in [5, 5.41) is 5.23. The van der Waals surface area contributed by atoms with Gasteiger partial charge in [-0.1, -0.05) is 30.3 Å². The van der Waals surface area contributed by atoms with E-state index in [9.17, 15) is 9.59 Å². The lowest BCUT2D eigenvalue weighted by atomic mass is 10.1. The molecule has 1 heterocycles. The summed E-state index contributed by atoms with van der Waals surface area (Å²) in [6.07, 6.45) is 0.852. The second-order valence-electron chi connectivity index (χ2n) is 8.61. The quantitative estimate of drug-likeness (QED) is 0.843. The molecule has 1 aliphatic heterocycles. The fraction of sp³-hybridized carbons (Fsp3) is 0.478. The monoisotopic (exact) mass is 397 g/mol. The second kappa shape index (κ2) is 9.27. The van der Waals surface area contributed by atoms with Gasteiger partial charge in [-0.15, -0.1) is 0 Å². The molecule has 0 spiro atoms. The summed E-state index contributed by atoms with van der Waals surface area (Å²) in [5.74, 6) is 0.711. The molecule has 2 amide bonds.